The number of carboxylic acid groups (broad SMARTS) is 2. The van der Waals surface area contributed by atoms with Gasteiger partial charge in [0, 0.05) is 16.7 Å². The second-order valence-electron chi connectivity index (χ2n) is 9.95. The lowest BCUT2D eigenvalue weighted by molar-refractivity contribution is -0.765. The fraction of sp³-hybridized carbons (Fsp3) is 0.458. The van der Waals surface area contributed by atoms with Gasteiger partial charge in [-0.2, -0.15) is 0 Å². The minimum atomic E-state index is -1.76. The molecule has 17 heteroatoms. The molecule has 0 aromatic carbocycles. The number of nitrogens with one attached hydrogen (secondary N) is 1. The standard InChI is InChI=1S/C24H30N8O7S2/c1-5-6-11-7-31(30(4)17(11)25)8-12-9-40-20-15(19(34)32(20)16(12)21(35)36)28-18(33)14(13-10-41-23(26)27-13)29-39-24(2,3)22(37)38/h7,10,15,20,25H,5-6,8-9H2,1-4H3,(H5,26,27,28,33,35,36,37,38)/p+1/b29-14+/t15-,20-/m1/s1. The number of carbonyl (C=O) groups excluding carboxylic acids is 2. The van der Waals surface area contributed by atoms with E-state index in [0.717, 1.165) is 34.6 Å². The number of nitrogen functional groups attached to an aromatic ring is 2. The highest BCUT2D eigenvalue weighted by atomic mass is 32.2. The number of fused-ring (bicyclic) bond motifs is 1. The van der Waals surface area contributed by atoms with Crippen molar-refractivity contribution in [2.24, 2.45) is 12.2 Å². The van der Waals surface area contributed by atoms with Crippen LogP contribution in [0.2, 0.25) is 0 Å². The summed E-state index contributed by atoms with van der Waals surface area (Å²) in [5, 5.41) is 26.6. The van der Waals surface area contributed by atoms with Gasteiger partial charge in [-0.3, -0.25) is 14.5 Å². The van der Waals surface area contributed by atoms with Gasteiger partial charge in [0.1, 0.15) is 22.8 Å². The third kappa shape index (κ3) is 5.72. The second-order valence-corrected chi connectivity index (χ2v) is 11.9. The van der Waals surface area contributed by atoms with Crippen molar-refractivity contribution in [3.8, 4) is 0 Å². The van der Waals surface area contributed by atoms with Gasteiger partial charge in [0.2, 0.25) is 11.8 Å². The number of hydrogen-bond acceptors (Lipinski definition) is 11. The Hall–Kier alpha value is -4.12. The lowest BCUT2D eigenvalue weighted by Gasteiger charge is -2.49. The largest absolute Gasteiger partial charge is 0.478 e. The minimum Gasteiger partial charge on any atom is -0.478 e. The number of aromatic nitrogens is 3. The summed E-state index contributed by atoms with van der Waals surface area (Å²) in [4.78, 5) is 60.5. The van der Waals surface area contributed by atoms with Gasteiger partial charge >= 0.3 is 11.9 Å². The quantitative estimate of drug-likeness (QED) is 0.0983. The lowest BCUT2D eigenvalue weighted by atomic mass is 10.0. The topological polar surface area (TPSA) is 219 Å². The minimum absolute atomic E-state index is 0.0285. The number of β-lactam (4-membered cyclic amide) rings is 1. The molecule has 1 fully saturated rings. The van der Waals surface area contributed by atoms with Crippen molar-refractivity contribution in [1.82, 2.24) is 19.9 Å². The van der Waals surface area contributed by atoms with E-state index in [1.165, 1.54) is 31.0 Å². The molecule has 4 heterocycles. The number of anilines is 2. The number of aryl methyl sites for hydroxylation is 1. The molecular formula is C24H31N8O7S2+. The van der Waals surface area contributed by atoms with Gasteiger partial charge in [-0.15, -0.1) is 32.5 Å². The number of carbonyl (C=O) groups is 4. The molecule has 2 atom stereocenters. The maximum absolute atomic E-state index is 13.2. The third-order valence-corrected chi connectivity index (χ3v) is 8.65. The molecular weight excluding hydrogens is 576 g/mol. The van der Waals surface area contributed by atoms with E-state index < -0.39 is 40.8 Å². The summed E-state index contributed by atoms with van der Waals surface area (Å²) in [6, 6.07) is -1.06. The average molecular weight is 608 g/mol. The fourth-order valence-electron chi connectivity index (χ4n) is 4.30. The molecule has 0 bridgehead atoms. The molecule has 7 N–H and O–H groups in total. The molecule has 1 saturated heterocycles. The molecule has 0 radical (unpaired) electrons. The first-order chi connectivity index (χ1) is 19.3. The number of nitrogens with two attached hydrogens (primary N) is 2. The number of rotatable bonds is 11. The zero-order chi connectivity index (χ0) is 30.2. The first kappa shape index (κ1) is 29.9. The van der Waals surface area contributed by atoms with Crippen LogP contribution in [0.5, 0.6) is 0 Å². The molecule has 0 aliphatic carbocycles. The first-order valence-electron chi connectivity index (χ1n) is 12.5. The lowest BCUT2D eigenvalue weighted by Crippen LogP contribution is -2.71. The Kier molecular flexibility index (Phi) is 8.30. The van der Waals surface area contributed by atoms with Gasteiger partial charge in [0.15, 0.2) is 23.2 Å². The zero-order valence-corrected chi connectivity index (χ0v) is 24.4. The van der Waals surface area contributed by atoms with Gasteiger partial charge in [-0.1, -0.05) is 18.5 Å². The number of carboxylic acids is 2. The second kappa shape index (κ2) is 11.4. The number of aliphatic carboxylic acids is 2. The summed E-state index contributed by atoms with van der Waals surface area (Å²) in [6.45, 7) is 4.75. The Morgan fingerprint density at radius 2 is 2.02 bits per heavy atom. The SMILES string of the molecule is CCCc1c[n+](CC2=C(C(=O)O)N3C(=O)[C@@H](NC(=O)/C(=N/OC(C)(C)C(=O)O)c4csc(N)n4)[C@H]3SC2)n(C)c1N. The molecule has 2 aliphatic heterocycles. The summed E-state index contributed by atoms with van der Waals surface area (Å²) in [6.07, 6.45) is 3.55. The highest BCUT2D eigenvalue weighted by Gasteiger charge is 2.55. The molecule has 2 aromatic rings. The van der Waals surface area contributed by atoms with Crippen LogP contribution in [0.3, 0.4) is 0 Å². The van der Waals surface area contributed by atoms with Crippen molar-refractivity contribution >= 4 is 63.5 Å². The molecule has 220 valence electrons. The van der Waals surface area contributed by atoms with Crippen LogP contribution < -0.4 is 21.5 Å². The molecule has 2 amide bonds. The maximum atomic E-state index is 13.2. The van der Waals surface area contributed by atoms with Crippen molar-refractivity contribution in [3.63, 3.8) is 0 Å². The van der Waals surface area contributed by atoms with Crippen LogP contribution in [0, 0.1) is 0 Å². The summed E-state index contributed by atoms with van der Waals surface area (Å²) < 4.78 is 3.55. The predicted octanol–water partition coefficient (Wildman–Crippen LogP) is -0.0913. The zero-order valence-electron chi connectivity index (χ0n) is 22.8. The molecule has 0 spiro atoms. The number of nitrogens with zero attached hydrogens (tertiary/aromatic N) is 5. The van der Waals surface area contributed by atoms with E-state index in [2.05, 4.69) is 15.5 Å². The van der Waals surface area contributed by atoms with E-state index in [4.69, 9.17) is 16.3 Å². The number of amides is 2. The Morgan fingerprint density at radius 1 is 1.32 bits per heavy atom. The van der Waals surface area contributed by atoms with Crippen molar-refractivity contribution < 1.29 is 38.9 Å². The van der Waals surface area contributed by atoms with Crippen LogP contribution in [-0.2, 0) is 44.0 Å². The molecule has 15 nitrogen and oxygen atoms in total. The Balaban J connectivity index is 1.56. The molecule has 2 aromatic heterocycles. The molecule has 0 saturated carbocycles. The third-order valence-electron chi connectivity index (χ3n) is 6.64. The fourth-order valence-corrected chi connectivity index (χ4v) is 6.19. The van der Waals surface area contributed by atoms with E-state index in [0.29, 0.717) is 17.1 Å². The van der Waals surface area contributed by atoms with Crippen molar-refractivity contribution in [3.05, 3.63) is 34.1 Å². The van der Waals surface area contributed by atoms with Crippen LogP contribution in [0.1, 0.15) is 38.4 Å². The number of thiazole rings is 1. The van der Waals surface area contributed by atoms with E-state index >= 15 is 0 Å². The maximum Gasteiger partial charge on any atom is 0.352 e. The van der Waals surface area contributed by atoms with E-state index in [-0.39, 0.29) is 28.8 Å². The van der Waals surface area contributed by atoms with Crippen LogP contribution in [0.4, 0.5) is 10.9 Å². The van der Waals surface area contributed by atoms with Crippen LogP contribution in [0.15, 0.2) is 28.0 Å². The van der Waals surface area contributed by atoms with Crippen LogP contribution in [0.25, 0.3) is 0 Å². The van der Waals surface area contributed by atoms with Crippen LogP contribution in [-0.4, -0.2) is 77.0 Å². The molecule has 41 heavy (non-hydrogen) atoms. The smallest absolute Gasteiger partial charge is 0.352 e. The van der Waals surface area contributed by atoms with Gasteiger partial charge in [0.05, 0.1) is 12.6 Å². The molecule has 0 unspecified atom stereocenters. The number of thioether (sulfide) groups is 1. The van der Waals surface area contributed by atoms with Gasteiger partial charge < -0.3 is 31.8 Å². The monoisotopic (exact) mass is 607 g/mol. The average Bonchev–Trinajstić information content (AvgIpc) is 3.45. The first-order valence-corrected chi connectivity index (χ1v) is 14.4. The summed E-state index contributed by atoms with van der Waals surface area (Å²) >= 11 is 2.34. The Bertz CT molecular complexity index is 1480. The number of hydrogen-bond donors (Lipinski definition) is 5. The molecule has 2 aliphatic rings. The van der Waals surface area contributed by atoms with E-state index in [1.807, 2.05) is 17.8 Å². The number of oxime groups is 1. The van der Waals surface area contributed by atoms with Gasteiger partial charge in [-0.05, 0) is 20.3 Å². The molecule has 4 rings (SSSR count). The highest BCUT2D eigenvalue weighted by molar-refractivity contribution is 8.00. The van der Waals surface area contributed by atoms with Crippen molar-refractivity contribution in [2.45, 2.75) is 57.2 Å². The summed E-state index contributed by atoms with van der Waals surface area (Å²) in [5.74, 6) is -3.17. The van der Waals surface area contributed by atoms with Gasteiger partial charge in [0.25, 0.3) is 11.8 Å². The highest BCUT2D eigenvalue weighted by Crippen LogP contribution is 2.40. The van der Waals surface area contributed by atoms with E-state index in [1.54, 1.807) is 11.7 Å². The van der Waals surface area contributed by atoms with Crippen molar-refractivity contribution in [2.75, 3.05) is 17.2 Å². The summed E-state index contributed by atoms with van der Waals surface area (Å²) in [5.41, 5.74) is 11.1. The summed E-state index contributed by atoms with van der Waals surface area (Å²) in [7, 11) is 1.78. The van der Waals surface area contributed by atoms with Crippen LogP contribution >= 0.6 is 23.1 Å². The van der Waals surface area contributed by atoms with Gasteiger partial charge in [-0.25, -0.2) is 14.6 Å². The Labute approximate surface area is 242 Å². The van der Waals surface area contributed by atoms with Crippen molar-refractivity contribution in [1.29, 1.82) is 0 Å². The Morgan fingerprint density at radius 3 is 2.61 bits per heavy atom. The van der Waals surface area contributed by atoms with E-state index in [9.17, 15) is 29.4 Å². The normalized spacial score (nSPS) is 19.1. The predicted molar refractivity (Wildman–Crippen MR) is 150 cm³/mol.